The second kappa shape index (κ2) is 11.2. The number of anilines is 1. The van der Waals surface area contributed by atoms with E-state index < -0.39 is 0 Å². The standard InChI is InChI=1S/C28H34N4O3/c1-21(2)22-11-13-24(14-12-22)29-28(34)31(18-19-35-3)20-26(33)32-17-16-30-15-7-10-25(30)27(32)23-8-5-4-6-9-23/h4-15,21,27H,16-20H2,1-3H3,(H,29,34). The van der Waals surface area contributed by atoms with Crippen LogP contribution in [-0.4, -0.2) is 59.7 Å². The van der Waals surface area contributed by atoms with Gasteiger partial charge < -0.3 is 24.4 Å². The maximum absolute atomic E-state index is 13.6. The average molecular weight is 475 g/mol. The van der Waals surface area contributed by atoms with Gasteiger partial charge in [-0.1, -0.05) is 56.3 Å². The lowest BCUT2D eigenvalue weighted by molar-refractivity contribution is -0.134. The smallest absolute Gasteiger partial charge is 0.322 e. The van der Waals surface area contributed by atoms with E-state index in [1.165, 1.54) is 10.5 Å². The molecule has 1 unspecified atom stereocenters. The largest absolute Gasteiger partial charge is 0.383 e. The third-order valence-corrected chi connectivity index (χ3v) is 6.48. The molecule has 0 spiro atoms. The number of rotatable bonds is 8. The van der Waals surface area contributed by atoms with Crippen molar-refractivity contribution in [2.24, 2.45) is 0 Å². The van der Waals surface area contributed by atoms with E-state index >= 15 is 0 Å². The average Bonchev–Trinajstić information content (AvgIpc) is 3.35. The second-order valence-electron chi connectivity index (χ2n) is 9.15. The van der Waals surface area contributed by atoms with Crippen LogP contribution in [0.15, 0.2) is 72.9 Å². The third-order valence-electron chi connectivity index (χ3n) is 6.48. The molecular formula is C28H34N4O3. The Bertz CT molecular complexity index is 1120. The highest BCUT2D eigenvalue weighted by Crippen LogP contribution is 2.32. The number of nitrogens with one attached hydrogen (secondary N) is 1. The van der Waals surface area contributed by atoms with Crippen molar-refractivity contribution in [3.05, 3.63) is 89.7 Å². The number of urea groups is 1. The van der Waals surface area contributed by atoms with Crippen molar-refractivity contribution in [3.63, 3.8) is 0 Å². The van der Waals surface area contributed by atoms with Gasteiger partial charge in [0.15, 0.2) is 0 Å². The first kappa shape index (κ1) is 24.5. The van der Waals surface area contributed by atoms with Gasteiger partial charge in [0.1, 0.15) is 6.54 Å². The number of benzene rings is 2. The van der Waals surface area contributed by atoms with Gasteiger partial charge in [-0.25, -0.2) is 4.79 Å². The van der Waals surface area contributed by atoms with E-state index in [4.69, 9.17) is 4.74 Å². The van der Waals surface area contributed by atoms with Crippen molar-refractivity contribution in [2.45, 2.75) is 32.4 Å². The van der Waals surface area contributed by atoms with Crippen LogP contribution >= 0.6 is 0 Å². The Kier molecular flexibility index (Phi) is 7.87. The molecule has 0 aliphatic carbocycles. The molecule has 3 amide bonds. The summed E-state index contributed by atoms with van der Waals surface area (Å²) in [5.41, 5.74) is 4.04. The van der Waals surface area contributed by atoms with Crippen LogP contribution < -0.4 is 5.32 Å². The molecule has 2 aromatic carbocycles. The topological polar surface area (TPSA) is 66.8 Å². The van der Waals surface area contributed by atoms with Crippen LogP contribution in [0.3, 0.4) is 0 Å². The lowest BCUT2D eigenvalue weighted by Crippen LogP contribution is -2.49. The first-order chi connectivity index (χ1) is 17.0. The molecule has 35 heavy (non-hydrogen) atoms. The molecule has 4 rings (SSSR count). The van der Waals surface area contributed by atoms with Crippen LogP contribution in [0.2, 0.25) is 0 Å². The van der Waals surface area contributed by atoms with Crippen molar-refractivity contribution in [2.75, 3.05) is 38.7 Å². The lowest BCUT2D eigenvalue weighted by atomic mass is 10.00. The van der Waals surface area contributed by atoms with Gasteiger partial charge in [0.05, 0.1) is 12.6 Å². The number of carbonyl (C=O) groups excluding carboxylic acids is 2. The Morgan fingerprint density at radius 3 is 2.46 bits per heavy atom. The number of ether oxygens (including phenoxy) is 1. The molecule has 1 aromatic heterocycles. The summed E-state index contributed by atoms with van der Waals surface area (Å²) in [5.74, 6) is 0.325. The van der Waals surface area contributed by atoms with Gasteiger partial charge in [0, 0.05) is 44.3 Å². The van der Waals surface area contributed by atoms with Gasteiger partial charge in [-0.05, 0) is 41.3 Å². The van der Waals surface area contributed by atoms with Crippen LogP contribution in [0.1, 0.15) is 42.6 Å². The number of fused-ring (bicyclic) bond motifs is 1. The van der Waals surface area contributed by atoms with Gasteiger partial charge in [-0.3, -0.25) is 4.79 Å². The van der Waals surface area contributed by atoms with E-state index in [9.17, 15) is 9.59 Å². The maximum atomic E-state index is 13.6. The fourth-order valence-electron chi connectivity index (χ4n) is 4.50. The molecule has 2 heterocycles. The van der Waals surface area contributed by atoms with Crippen molar-refractivity contribution >= 4 is 17.6 Å². The molecule has 184 valence electrons. The first-order valence-corrected chi connectivity index (χ1v) is 12.1. The van der Waals surface area contributed by atoms with Crippen LogP contribution in [-0.2, 0) is 16.1 Å². The monoisotopic (exact) mass is 474 g/mol. The molecule has 7 heteroatoms. The molecular weight excluding hydrogens is 440 g/mol. The van der Waals surface area contributed by atoms with Crippen molar-refractivity contribution in [1.29, 1.82) is 0 Å². The summed E-state index contributed by atoms with van der Waals surface area (Å²) in [6.07, 6.45) is 2.05. The SMILES string of the molecule is COCCN(CC(=O)N1CCn2cccc2C1c1ccccc1)C(=O)Nc1ccc(C(C)C)cc1. The van der Waals surface area contributed by atoms with Gasteiger partial charge in [-0.2, -0.15) is 0 Å². The maximum Gasteiger partial charge on any atom is 0.322 e. The summed E-state index contributed by atoms with van der Waals surface area (Å²) >= 11 is 0. The highest BCUT2D eigenvalue weighted by atomic mass is 16.5. The summed E-state index contributed by atoms with van der Waals surface area (Å²) in [5, 5.41) is 2.94. The van der Waals surface area contributed by atoms with E-state index in [1.54, 1.807) is 7.11 Å². The van der Waals surface area contributed by atoms with Crippen molar-refractivity contribution in [1.82, 2.24) is 14.4 Å². The number of aromatic nitrogens is 1. The molecule has 0 saturated heterocycles. The summed E-state index contributed by atoms with van der Waals surface area (Å²) in [7, 11) is 1.59. The Morgan fingerprint density at radius 1 is 1.03 bits per heavy atom. The number of carbonyl (C=O) groups is 2. The van der Waals surface area contributed by atoms with E-state index in [0.717, 1.165) is 17.8 Å². The summed E-state index contributed by atoms with van der Waals surface area (Å²) in [6.45, 7) is 6.21. The quantitative estimate of drug-likeness (QED) is 0.514. The zero-order chi connectivity index (χ0) is 24.8. The summed E-state index contributed by atoms with van der Waals surface area (Å²) in [4.78, 5) is 30.2. The Hall–Kier alpha value is -3.58. The van der Waals surface area contributed by atoms with Crippen LogP contribution in [0.25, 0.3) is 0 Å². The number of nitrogens with zero attached hydrogens (tertiary/aromatic N) is 3. The van der Waals surface area contributed by atoms with E-state index in [-0.39, 0.29) is 24.5 Å². The van der Waals surface area contributed by atoms with Crippen LogP contribution in [0.4, 0.5) is 10.5 Å². The normalized spacial score (nSPS) is 15.1. The molecule has 1 N–H and O–H groups in total. The molecule has 1 atom stereocenters. The minimum absolute atomic E-state index is 0.0245. The molecule has 0 saturated carbocycles. The van der Waals surface area contributed by atoms with Gasteiger partial charge in [0.2, 0.25) is 5.91 Å². The van der Waals surface area contributed by atoms with Crippen molar-refractivity contribution < 1.29 is 14.3 Å². The molecule has 1 aliphatic rings. The van der Waals surface area contributed by atoms with Gasteiger partial charge in [0.25, 0.3) is 0 Å². The first-order valence-electron chi connectivity index (χ1n) is 12.1. The van der Waals surface area contributed by atoms with Gasteiger partial charge in [-0.15, -0.1) is 0 Å². The third kappa shape index (κ3) is 5.74. The van der Waals surface area contributed by atoms with Crippen LogP contribution in [0.5, 0.6) is 0 Å². The van der Waals surface area contributed by atoms with E-state index in [1.807, 2.05) is 65.6 Å². The molecule has 3 aromatic rings. The molecule has 0 fully saturated rings. The molecule has 0 bridgehead atoms. The minimum atomic E-state index is -0.315. The fraction of sp³-hybridized carbons (Fsp3) is 0.357. The van der Waals surface area contributed by atoms with Crippen LogP contribution in [0, 0.1) is 0 Å². The fourth-order valence-corrected chi connectivity index (χ4v) is 4.50. The predicted molar refractivity (Wildman–Crippen MR) is 137 cm³/mol. The Morgan fingerprint density at radius 2 is 1.77 bits per heavy atom. The second-order valence-corrected chi connectivity index (χ2v) is 9.15. The highest BCUT2D eigenvalue weighted by Gasteiger charge is 2.33. The van der Waals surface area contributed by atoms with Crippen molar-refractivity contribution in [3.8, 4) is 0 Å². The Balaban J connectivity index is 1.51. The summed E-state index contributed by atoms with van der Waals surface area (Å²) < 4.78 is 7.41. The van der Waals surface area contributed by atoms with Gasteiger partial charge >= 0.3 is 6.03 Å². The molecule has 1 aliphatic heterocycles. The lowest BCUT2D eigenvalue weighted by Gasteiger charge is -2.38. The number of methoxy groups -OCH3 is 1. The minimum Gasteiger partial charge on any atom is -0.383 e. The molecule has 7 nitrogen and oxygen atoms in total. The number of hydrogen-bond donors (Lipinski definition) is 1. The van der Waals surface area contributed by atoms with E-state index in [0.29, 0.717) is 31.3 Å². The van der Waals surface area contributed by atoms with E-state index in [2.05, 4.69) is 36.0 Å². The Labute approximate surface area is 207 Å². The predicted octanol–water partition coefficient (Wildman–Crippen LogP) is 4.72. The number of hydrogen-bond acceptors (Lipinski definition) is 3. The molecule has 0 radical (unpaired) electrons. The zero-order valence-electron chi connectivity index (χ0n) is 20.7. The number of amides is 3. The summed E-state index contributed by atoms with van der Waals surface area (Å²) in [6, 6.07) is 21.4. The highest BCUT2D eigenvalue weighted by molar-refractivity contribution is 5.92. The zero-order valence-corrected chi connectivity index (χ0v) is 20.7.